The molecule has 0 aliphatic carbocycles. The Morgan fingerprint density at radius 2 is 1.98 bits per heavy atom. The fourth-order valence-electron chi connectivity index (χ4n) is 5.50. The SMILES string of the molecule is CC[C@H]1CN(c2ccc(C)c(C(=O)N[C@H](C)c3cc(OC)c(OC(C)C)c(-c4cnn(C)c4)c3)c2)CCN1CCO. The minimum absolute atomic E-state index is 0.0391. The molecule has 1 fully saturated rings. The van der Waals surface area contributed by atoms with Gasteiger partial charge in [-0.25, -0.2) is 0 Å². The Morgan fingerprint density at radius 3 is 2.61 bits per heavy atom. The molecule has 1 aliphatic heterocycles. The molecule has 1 saturated heterocycles. The number of carbonyl (C=O) groups excluding carboxylic acids is 1. The number of β-amino-alcohol motifs (C(OH)–C–C–N with tert-alkyl or cyclic N) is 1. The van der Waals surface area contributed by atoms with Gasteiger partial charge in [0.05, 0.1) is 32.1 Å². The molecule has 0 spiro atoms. The summed E-state index contributed by atoms with van der Waals surface area (Å²) in [5.41, 5.74) is 5.33. The zero-order valence-corrected chi connectivity index (χ0v) is 25.5. The highest BCUT2D eigenvalue weighted by molar-refractivity contribution is 5.97. The fraction of sp³-hybridized carbons (Fsp3) is 0.500. The van der Waals surface area contributed by atoms with Gasteiger partial charge >= 0.3 is 0 Å². The molecule has 4 rings (SSSR count). The summed E-state index contributed by atoms with van der Waals surface area (Å²) in [5, 5.41) is 17.0. The van der Waals surface area contributed by atoms with E-state index in [-0.39, 0.29) is 24.7 Å². The number of aliphatic hydroxyl groups excluding tert-OH is 1. The summed E-state index contributed by atoms with van der Waals surface area (Å²) in [6.45, 7) is 13.6. The molecule has 0 unspecified atom stereocenters. The highest BCUT2D eigenvalue weighted by atomic mass is 16.5. The van der Waals surface area contributed by atoms with Crippen molar-refractivity contribution in [3.8, 4) is 22.6 Å². The zero-order chi connectivity index (χ0) is 29.7. The number of aryl methyl sites for hydroxylation is 2. The number of nitrogens with one attached hydrogen (secondary N) is 1. The quantitative estimate of drug-likeness (QED) is 0.353. The molecule has 3 aromatic rings. The van der Waals surface area contributed by atoms with E-state index in [0.717, 1.165) is 54.0 Å². The molecular formula is C32H45N5O4. The lowest BCUT2D eigenvalue weighted by molar-refractivity contribution is 0.0939. The number of aliphatic hydroxyl groups is 1. The normalized spacial score (nSPS) is 16.6. The second kappa shape index (κ2) is 13.4. The first kappa shape index (κ1) is 30.4. The van der Waals surface area contributed by atoms with Crippen LogP contribution < -0.4 is 19.7 Å². The van der Waals surface area contributed by atoms with Gasteiger partial charge in [0.25, 0.3) is 5.91 Å². The van der Waals surface area contributed by atoms with Crippen LogP contribution in [0.1, 0.15) is 61.6 Å². The van der Waals surface area contributed by atoms with Gasteiger partial charge in [-0.1, -0.05) is 13.0 Å². The third-order valence-electron chi connectivity index (χ3n) is 7.81. The van der Waals surface area contributed by atoms with E-state index in [1.165, 1.54) is 0 Å². The van der Waals surface area contributed by atoms with Crippen LogP contribution in [0.2, 0.25) is 0 Å². The summed E-state index contributed by atoms with van der Waals surface area (Å²) in [7, 11) is 3.51. The number of piperazine rings is 1. The number of ether oxygens (including phenoxy) is 2. The number of nitrogens with zero attached hydrogens (tertiary/aromatic N) is 4. The van der Waals surface area contributed by atoms with Crippen molar-refractivity contribution in [1.29, 1.82) is 0 Å². The lowest BCUT2D eigenvalue weighted by Crippen LogP contribution is -2.53. The standard InChI is InChI=1S/C32H45N5O4/c1-8-26-20-37(12-11-36(26)13-14-38)27-10-9-22(4)28(17-27)32(39)34-23(5)24-15-29(25-18-33-35(6)19-25)31(41-21(2)3)30(16-24)40-7/h9-10,15-19,21,23,26,38H,8,11-14,20H2,1-7H3,(H,34,39)/t23-,26+/m1/s1. The van der Waals surface area contributed by atoms with Crippen LogP contribution in [0.15, 0.2) is 42.7 Å². The lowest BCUT2D eigenvalue weighted by atomic mass is 9.99. The van der Waals surface area contributed by atoms with Gasteiger partial charge in [0, 0.05) is 67.8 Å². The monoisotopic (exact) mass is 563 g/mol. The second-order valence-electron chi connectivity index (χ2n) is 11.1. The highest BCUT2D eigenvalue weighted by Gasteiger charge is 2.26. The third-order valence-corrected chi connectivity index (χ3v) is 7.81. The van der Waals surface area contributed by atoms with E-state index in [4.69, 9.17) is 9.47 Å². The summed E-state index contributed by atoms with van der Waals surface area (Å²) >= 11 is 0. The molecule has 0 bridgehead atoms. The molecule has 9 heteroatoms. The first-order valence-corrected chi connectivity index (χ1v) is 14.5. The summed E-state index contributed by atoms with van der Waals surface area (Å²) in [4.78, 5) is 18.3. The molecule has 1 amide bonds. The summed E-state index contributed by atoms with van der Waals surface area (Å²) < 4.78 is 13.7. The van der Waals surface area contributed by atoms with Gasteiger partial charge in [-0.05, 0) is 69.5 Å². The van der Waals surface area contributed by atoms with Crippen molar-refractivity contribution < 1.29 is 19.4 Å². The van der Waals surface area contributed by atoms with Gasteiger partial charge in [0.2, 0.25) is 0 Å². The van der Waals surface area contributed by atoms with Gasteiger partial charge in [-0.15, -0.1) is 0 Å². The summed E-state index contributed by atoms with van der Waals surface area (Å²) in [6, 6.07) is 10.2. The minimum atomic E-state index is -0.283. The van der Waals surface area contributed by atoms with E-state index in [9.17, 15) is 9.90 Å². The van der Waals surface area contributed by atoms with Crippen molar-refractivity contribution in [2.45, 2.75) is 59.2 Å². The van der Waals surface area contributed by atoms with Gasteiger partial charge in [-0.3, -0.25) is 14.4 Å². The molecule has 0 saturated carbocycles. The maximum atomic E-state index is 13.6. The Balaban J connectivity index is 1.58. The first-order valence-electron chi connectivity index (χ1n) is 14.5. The van der Waals surface area contributed by atoms with E-state index in [1.807, 2.05) is 65.2 Å². The molecule has 1 aliphatic rings. The number of benzene rings is 2. The number of aromatic nitrogens is 2. The Bertz CT molecular complexity index is 1340. The number of methoxy groups -OCH3 is 1. The Kier molecular flexibility index (Phi) is 9.94. The number of amides is 1. The van der Waals surface area contributed by atoms with Gasteiger partial charge < -0.3 is 24.8 Å². The molecule has 9 nitrogen and oxygen atoms in total. The van der Waals surface area contributed by atoms with Crippen LogP contribution in [0.5, 0.6) is 11.5 Å². The Morgan fingerprint density at radius 1 is 1.20 bits per heavy atom. The average Bonchev–Trinajstić information content (AvgIpc) is 3.39. The topological polar surface area (TPSA) is 92.1 Å². The maximum Gasteiger partial charge on any atom is 0.252 e. The number of anilines is 1. The van der Waals surface area contributed by atoms with E-state index in [2.05, 4.69) is 33.2 Å². The van der Waals surface area contributed by atoms with Crippen molar-refractivity contribution >= 4 is 11.6 Å². The van der Waals surface area contributed by atoms with Crippen LogP contribution in [0.3, 0.4) is 0 Å². The van der Waals surface area contributed by atoms with Crippen LogP contribution in [-0.2, 0) is 7.05 Å². The molecule has 222 valence electrons. The molecule has 2 aromatic carbocycles. The van der Waals surface area contributed by atoms with E-state index in [1.54, 1.807) is 18.0 Å². The van der Waals surface area contributed by atoms with Crippen LogP contribution >= 0.6 is 0 Å². The predicted molar refractivity (Wildman–Crippen MR) is 163 cm³/mol. The van der Waals surface area contributed by atoms with Crippen LogP contribution in [0.4, 0.5) is 5.69 Å². The third kappa shape index (κ3) is 7.02. The molecular weight excluding hydrogens is 518 g/mol. The smallest absolute Gasteiger partial charge is 0.252 e. The molecule has 2 N–H and O–H groups in total. The number of hydrogen-bond donors (Lipinski definition) is 2. The summed E-state index contributed by atoms with van der Waals surface area (Å²) in [6.07, 6.45) is 4.72. The van der Waals surface area contributed by atoms with Crippen molar-refractivity contribution in [3.63, 3.8) is 0 Å². The average molecular weight is 564 g/mol. The molecule has 41 heavy (non-hydrogen) atoms. The van der Waals surface area contributed by atoms with Crippen molar-refractivity contribution in [2.75, 3.05) is 44.8 Å². The molecule has 2 atom stereocenters. The van der Waals surface area contributed by atoms with E-state index >= 15 is 0 Å². The molecule has 2 heterocycles. The Hall–Kier alpha value is -3.56. The fourth-order valence-corrected chi connectivity index (χ4v) is 5.50. The van der Waals surface area contributed by atoms with Gasteiger partial charge in [0.15, 0.2) is 11.5 Å². The first-order chi connectivity index (χ1) is 19.6. The Labute approximate surface area is 244 Å². The van der Waals surface area contributed by atoms with Crippen LogP contribution in [0.25, 0.3) is 11.1 Å². The molecule has 1 aromatic heterocycles. The predicted octanol–water partition coefficient (Wildman–Crippen LogP) is 4.58. The van der Waals surface area contributed by atoms with E-state index in [0.29, 0.717) is 29.6 Å². The number of hydrogen-bond acceptors (Lipinski definition) is 7. The second-order valence-corrected chi connectivity index (χ2v) is 11.1. The number of carbonyl (C=O) groups is 1. The van der Waals surface area contributed by atoms with Crippen molar-refractivity contribution in [1.82, 2.24) is 20.0 Å². The van der Waals surface area contributed by atoms with Crippen LogP contribution in [-0.4, -0.2) is 77.7 Å². The van der Waals surface area contributed by atoms with Crippen molar-refractivity contribution in [3.05, 3.63) is 59.4 Å². The largest absolute Gasteiger partial charge is 0.493 e. The van der Waals surface area contributed by atoms with Gasteiger partial charge in [-0.2, -0.15) is 5.10 Å². The highest BCUT2D eigenvalue weighted by Crippen LogP contribution is 2.41. The maximum absolute atomic E-state index is 13.6. The van der Waals surface area contributed by atoms with Crippen LogP contribution in [0, 0.1) is 6.92 Å². The minimum Gasteiger partial charge on any atom is -0.493 e. The summed E-state index contributed by atoms with van der Waals surface area (Å²) in [5.74, 6) is 1.15. The van der Waals surface area contributed by atoms with Crippen molar-refractivity contribution in [2.24, 2.45) is 7.05 Å². The van der Waals surface area contributed by atoms with Gasteiger partial charge in [0.1, 0.15) is 0 Å². The van der Waals surface area contributed by atoms with E-state index < -0.39 is 0 Å². The molecule has 0 radical (unpaired) electrons. The lowest BCUT2D eigenvalue weighted by Gasteiger charge is -2.42. The number of rotatable bonds is 11. The zero-order valence-electron chi connectivity index (χ0n) is 25.5.